The lowest BCUT2D eigenvalue weighted by Gasteiger charge is -2.10. The first kappa shape index (κ1) is 9.25. The Balaban J connectivity index is 2.11. The molecule has 1 atom stereocenters. The third-order valence-corrected chi connectivity index (χ3v) is 1.92. The molecule has 1 nitrogen and oxygen atoms in total. The molecule has 11 heavy (non-hydrogen) atoms. The van der Waals surface area contributed by atoms with Gasteiger partial charge in [0.2, 0.25) is 0 Å². The monoisotopic (exact) mass is 183 g/mol. The average Bonchev–Trinajstić information content (AvgIpc) is 2.32. The van der Waals surface area contributed by atoms with Crippen LogP contribution in [0.1, 0.15) is 12.8 Å². The van der Waals surface area contributed by atoms with Crippen LogP contribution in [0.15, 0.2) is 0 Å². The lowest BCUT2D eigenvalue weighted by Crippen LogP contribution is -2.13. The first-order chi connectivity index (χ1) is 5.08. The summed E-state index contributed by atoms with van der Waals surface area (Å²) < 4.78 is 39.1. The lowest BCUT2D eigenvalue weighted by molar-refractivity contribution is -0.0403. The van der Waals surface area contributed by atoms with Crippen LogP contribution in [0, 0.1) is 0 Å². The number of alkyl halides is 3. The smallest absolute Gasteiger partial charge is 0.314 e. The van der Waals surface area contributed by atoms with Gasteiger partial charge in [-0.1, -0.05) is 12.7 Å². The Morgan fingerprint density at radius 1 is 1.45 bits per heavy atom. The van der Waals surface area contributed by atoms with Gasteiger partial charge in [0.1, 0.15) is 12.0 Å². The van der Waals surface area contributed by atoms with Gasteiger partial charge in [-0.15, -0.1) is 0 Å². The Kier molecular flexibility index (Phi) is 3.12. The zero-order valence-electron chi connectivity index (χ0n) is 5.73. The van der Waals surface area contributed by atoms with Gasteiger partial charge in [0.25, 0.3) is 0 Å². The van der Waals surface area contributed by atoms with Crippen LogP contribution in [0.25, 0.3) is 0 Å². The minimum atomic E-state index is -4.27. The van der Waals surface area contributed by atoms with Crippen LogP contribution in [-0.4, -0.2) is 18.8 Å². The highest BCUT2D eigenvalue weighted by atomic mass is 32.2. The first-order valence-corrected chi connectivity index (χ1v) is 4.06. The van der Waals surface area contributed by atoms with Gasteiger partial charge in [-0.05, 0) is 6.42 Å². The van der Waals surface area contributed by atoms with Crippen molar-refractivity contribution >= 4 is 19.3 Å². The predicted octanol–water partition coefficient (Wildman–Crippen LogP) is 2.41. The third-order valence-electron chi connectivity index (χ3n) is 1.39. The van der Waals surface area contributed by atoms with Gasteiger partial charge < -0.3 is 4.18 Å². The lowest BCUT2D eigenvalue weighted by atomic mass is 9.75. The minimum Gasteiger partial charge on any atom is -0.314 e. The molecule has 1 saturated heterocycles. The van der Waals surface area contributed by atoms with Crippen molar-refractivity contribution in [3.8, 4) is 0 Å². The normalized spacial score (nSPS) is 25.2. The fourth-order valence-corrected chi connectivity index (χ4v) is 1.35. The maximum absolute atomic E-state index is 11.5. The molecule has 0 aromatic carbocycles. The van der Waals surface area contributed by atoms with Gasteiger partial charge in [0, 0.05) is 6.00 Å². The second-order valence-corrected chi connectivity index (χ2v) is 3.15. The summed E-state index contributed by atoms with van der Waals surface area (Å²) in [5.74, 6) is 0. The minimum absolute atomic E-state index is 0.304. The van der Waals surface area contributed by atoms with Crippen LogP contribution in [0.3, 0.4) is 0 Å². The number of halogens is 3. The standard InChI is InChI=1S/C5H7BF3OS/c7-5(8,9)11-10-4-2-1-3-6-4/h4H,1-3H2. The molecule has 1 aliphatic rings. The average molecular weight is 183 g/mol. The van der Waals surface area contributed by atoms with Gasteiger partial charge in [0.05, 0.1) is 0 Å². The van der Waals surface area contributed by atoms with Crippen LogP contribution in [0.4, 0.5) is 13.2 Å². The van der Waals surface area contributed by atoms with Gasteiger partial charge in [-0.2, -0.15) is 13.2 Å². The highest BCUT2D eigenvalue weighted by Crippen LogP contribution is 2.33. The van der Waals surface area contributed by atoms with Crippen molar-refractivity contribution in [1.82, 2.24) is 0 Å². The topological polar surface area (TPSA) is 9.23 Å². The molecule has 0 bridgehead atoms. The molecule has 63 valence electrons. The molecular formula is C5H7BF3OS. The van der Waals surface area contributed by atoms with Crippen LogP contribution >= 0.6 is 12.0 Å². The molecule has 1 fully saturated rings. The van der Waals surface area contributed by atoms with Gasteiger partial charge in [-0.25, -0.2) is 0 Å². The van der Waals surface area contributed by atoms with Crippen LogP contribution in [-0.2, 0) is 4.18 Å². The largest absolute Gasteiger partial charge is 0.467 e. The van der Waals surface area contributed by atoms with Gasteiger partial charge in [0.15, 0.2) is 7.28 Å². The Labute approximate surface area is 68.1 Å². The highest BCUT2D eigenvalue weighted by molar-refractivity contribution is 7.95. The molecule has 0 spiro atoms. The second-order valence-electron chi connectivity index (χ2n) is 2.33. The zero-order valence-corrected chi connectivity index (χ0v) is 6.54. The molecule has 1 heterocycles. The molecule has 1 radical (unpaired) electrons. The molecule has 0 aromatic heterocycles. The van der Waals surface area contributed by atoms with Crippen LogP contribution in [0.2, 0.25) is 6.32 Å². The van der Waals surface area contributed by atoms with Crippen molar-refractivity contribution < 1.29 is 17.4 Å². The Morgan fingerprint density at radius 2 is 2.18 bits per heavy atom. The van der Waals surface area contributed by atoms with Crippen LogP contribution in [0.5, 0.6) is 0 Å². The van der Waals surface area contributed by atoms with E-state index < -0.39 is 17.6 Å². The quantitative estimate of drug-likeness (QED) is 0.480. The molecule has 0 amide bonds. The van der Waals surface area contributed by atoms with E-state index in [4.69, 9.17) is 0 Å². The summed E-state index contributed by atoms with van der Waals surface area (Å²) in [5.41, 5.74) is -4.27. The molecular weight excluding hydrogens is 176 g/mol. The van der Waals surface area contributed by atoms with Gasteiger partial charge in [-0.3, -0.25) is 0 Å². The number of hydrogen-bond donors (Lipinski definition) is 0. The summed E-state index contributed by atoms with van der Waals surface area (Å²) in [6.07, 6.45) is 2.51. The Bertz CT molecular complexity index is 123. The molecule has 1 aliphatic heterocycles. The third kappa shape index (κ3) is 3.91. The van der Waals surface area contributed by atoms with E-state index in [1.54, 1.807) is 7.28 Å². The summed E-state index contributed by atoms with van der Waals surface area (Å²) >= 11 is -0.400. The van der Waals surface area contributed by atoms with Crippen molar-refractivity contribution in [2.75, 3.05) is 0 Å². The summed E-state index contributed by atoms with van der Waals surface area (Å²) in [7, 11) is 1.78. The van der Waals surface area contributed by atoms with E-state index in [2.05, 4.69) is 4.18 Å². The maximum atomic E-state index is 11.5. The van der Waals surface area contributed by atoms with Crippen molar-refractivity contribution in [3.63, 3.8) is 0 Å². The van der Waals surface area contributed by atoms with Crippen molar-refractivity contribution in [1.29, 1.82) is 0 Å². The molecule has 0 aliphatic carbocycles. The van der Waals surface area contributed by atoms with E-state index in [0.717, 1.165) is 12.7 Å². The Morgan fingerprint density at radius 3 is 2.64 bits per heavy atom. The van der Waals surface area contributed by atoms with Crippen molar-refractivity contribution in [3.05, 3.63) is 0 Å². The van der Waals surface area contributed by atoms with Crippen molar-refractivity contribution in [2.24, 2.45) is 0 Å². The summed E-state index contributed by atoms with van der Waals surface area (Å²) in [5, 5.41) is 0. The zero-order chi connectivity index (χ0) is 8.32. The molecule has 1 rings (SSSR count). The van der Waals surface area contributed by atoms with E-state index in [1.807, 2.05) is 0 Å². The summed E-state index contributed by atoms with van der Waals surface area (Å²) in [6.45, 7) is 0. The van der Waals surface area contributed by atoms with E-state index in [1.165, 1.54) is 0 Å². The van der Waals surface area contributed by atoms with Crippen molar-refractivity contribution in [2.45, 2.75) is 30.7 Å². The number of hydrogen-bond acceptors (Lipinski definition) is 2. The highest BCUT2D eigenvalue weighted by Gasteiger charge is 2.32. The molecule has 1 unspecified atom stereocenters. The number of rotatable bonds is 2. The van der Waals surface area contributed by atoms with Gasteiger partial charge >= 0.3 is 5.51 Å². The SMILES string of the molecule is FC(F)(F)SOC1[B]CCC1. The predicted molar refractivity (Wildman–Crippen MR) is 38.3 cm³/mol. The first-order valence-electron chi connectivity index (χ1n) is 3.32. The van der Waals surface area contributed by atoms with E-state index in [0.29, 0.717) is 6.42 Å². The molecule has 0 aromatic rings. The molecule has 6 heteroatoms. The van der Waals surface area contributed by atoms with Crippen LogP contribution < -0.4 is 0 Å². The van der Waals surface area contributed by atoms with E-state index >= 15 is 0 Å². The molecule has 0 N–H and O–H groups in total. The maximum Gasteiger partial charge on any atom is 0.467 e. The molecule has 0 saturated carbocycles. The fraction of sp³-hybridized carbons (Fsp3) is 1.00. The summed E-state index contributed by atoms with van der Waals surface area (Å²) in [4.78, 5) is 0. The second kappa shape index (κ2) is 3.71. The fourth-order valence-electron chi connectivity index (χ4n) is 0.944. The van der Waals surface area contributed by atoms with E-state index in [9.17, 15) is 13.2 Å². The van der Waals surface area contributed by atoms with E-state index in [-0.39, 0.29) is 6.00 Å². The Hall–Kier alpha value is 0.165. The summed E-state index contributed by atoms with van der Waals surface area (Å²) in [6, 6.07) is -0.304.